The van der Waals surface area contributed by atoms with E-state index in [1.54, 1.807) is 0 Å². The Morgan fingerprint density at radius 2 is 2.06 bits per heavy atom. The maximum atomic E-state index is 9.70. The van der Waals surface area contributed by atoms with Gasteiger partial charge < -0.3 is 9.84 Å². The number of ether oxygens (including phenoxy) is 1. The average Bonchev–Trinajstić information content (AvgIpc) is 2.50. The fourth-order valence-corrected chi connectivity index (χ4v) is 3.47. The van der Waals surface area contributed by atoms with Gasteiger partial charge in [0, 0.05) is 26.2 Å². The molecule has 1 saturated heterocycles. The number of rotatable bonds is 2. The van der Waals surface area contributed by atoms with Crippen molar-refractivity contribution in [2.24, 2.45) is 0 Å². The van der Waals surface area contributed by atoms with Crippen LogP contribution in [0.1, 0.15) is 18.9 Å². The third-order valence-electron chi connectivity index (χ3n) is 3.02. The maximum absolute atomic E-state index is 9.70. The summed E-state index contributed by atoms with van der Waals surface area (Å²) in [7, 11) is 0. The molecule has 5 heteroatoms. The number of halogens is 2. The van der Waals surface area contributed by atoms with Gasteiger partial charge in [0.15, 0.2) is 0 Å². The van der Waals surface area contributed by atoms with Crippen molar-refractivity contribution in [2.45, 2.75) is 26.0 Å². The van der Waals surface area contributed by atoms with Gasteiger partial charge in [0.25, 0.3) is 0 Å². The van der Waals surface area contributed by atoms with Crippen molar-refractivity contribution in [1.29, 1.82) is 0 Å². The van der Waals surface area contributed by atoms with Crippen molar-refractivity contribution < 1.29 is 9.84 Å². The lowest BCUT2D eigenvalue weighted by Gasteiger charge is -2.22. The van der Waals surface area contributed by atoms with Crippen molar-refractivity contribution in [3.63, 3.8) is 0 Å². The molecule has 1 N–H and O–H groups in total. The molecule has 1 fully saturated rings. The number of hydrogen-bond donors (Lipinski definition) is 1. The van der Waals surface area contributed by atoms with Gasteiger partial charge in [0.1, 0.15) is 5.75 Å². The smallest absolute Gasteiger partial charge is 0.143 e. The molecule has 1 heterocycles. The van der Waals surface area contributed by atoms with E-state index < -0.39 is 0 Å². The van der Waals surface area contributed by atoms with Crippen LogP contribution in [-0.4, -0.2) is 35.8 Å². The molecule has 1 aliphatic heterocycles. The predicted octanol–water partition coefficient (Wildman–Crippen LogP) is 3.53. The summed E-state index contributed by atoms with van der Waals surface area (Å²) in [5, 5.41) is 9.70. The molecule has 0 aliphatic carbocycles. The van der Waals surface area contributed by atoms with E-state index in [0.29, 0.717) is 0 Å². The number of aromatic hydroxyl groups is 1. The second-order valence-corrected chi connectivity index (χ2v) is 6.39. The Bertz CT molecular complexity index is 402. The molecule has 2 rings (SSSR count). The summed E-state index contributed by atoms with van der Waals surface area (Å²) in [6, 6.07) is 3.94. The average molecular weight is 379 g/mol. The Morgan fingerprint density at radius 3 is 2.72 bits per heavy atom. The van der Waals surface area contributed by atoms with Crippen LogP contribution in [0.3, 0.4) is 0 Å². The lowest BCUT2D eigenvalue weighted by Crippen LogP contribution is -2.29. The zero-order valence-corrected chi connectivity index (χ0v) is 13.5. The monoisotopic (exact) mass is 377 g/mol. The molecule has 0 amide bonds. The lowest BCUT2D eigenvalue weighted by atomic mass is 10.2. The summed E-state index contributed by atoms with van der Waals surface area (Å²) in [6.45, 7) is 5.85. The third kappa shape index (κ3) is 3.70. The fraction of sp³-hybridized carbons (Fsp3) is 0.538. The molecule has 0 spiro atoms. The van der Waals surface area contributed by atoms with Crippen LogP contribution in [0, 0.1) is 0 Å². The van der Waals surface area contributed by atoms with E-state index in [9.17, 15) is 5.11 Å². The first-order chi connectivity index (χ1) is 8.56. The van der Waals surface area contributed by atoms with Crippen molar-refractivity contribution in [2.75, 3.05) is 19.7 Å². The zero-order valence-electron chi connectivity index (χ0n) is 10.3. The van der Waals surface area contributed by atoms with E-state index in [2.05, 4.69) is 43.7 Å². The molecule has 1 aromatic carbocycles. The normalized spacial score (nSPS) is 21.8. The minimum Gasteiger partial charge on any atom is -0.506 e. The van der Waals surface area contributed by atoms with E-state index in [4.69, 9.17) is 4.74 Å². The molecule has 3 nitrogen and oxygen atoms in total. The largest absolute Gasteiger partial charge is 0.506 e. The Balaban J connectivity index is 2.08. The molecule has 0 radical (unpaired) electrons. The van der Waals surface area contributed by atoms with Gasteiger partial charge in [-0.1, -0.05) is 0 Å². The van der Waals surface area contributed by atoms with Crippen LogP contribution >= 0.6 is 31.9 Å². The predicted molar refractivity (Wildman–Crippen MR) is 78.8 cm³/mol. The summed E-state index contributed by atoms with van der Waals surface area (Å²) in [5.74, 6) is 0.256. The maximum Gasteiger partial charge on any atom is 0.143 e. The highest BCUT2D eigenvalue weighted by Crippen LogP contribution is 2.33. The van der Waals surface area contributed by atoms with E-state index in [0.717, 1.165) is 41.6 Å². The molecule has 0 aromatic heterocycles. The highest BCUT2D eigenvalue weighted by Gasteiger charge is 2.16. The summed E-state index contributed by atoms with van der Waals surface area (Å²) in [5.41, 5.74) is 1.18. The molecule has 18 heavy (non-hydrogen) atoms. The SMILES string of the molecule is CC1CN(Cc2cc(Br)c(O)c(Br)c2)CCCO1. The minimum atomic E-state index is 0.256. The van der Waals surface area contributed by atoms with Crippen LogP contribution in [0.4, 0.5) is 0 Å². The standard InChI is InChI=1S/C13H17Br2NO2/c1-9-7-16(3-2-4-18-9)8-10-5-11(14)13(17)12(15)6-10/h5-6,9,17H,2-4,7-8H2,1H3. The zero-order chi connectivity index (χ0) is 13.1. The van der Waals surface area contributed by atoms with Gasteiger partial charge in [-0.2, -0.15) is 0 Å². The molecular formula is C13H17Br2NO2. The molecule has 0 saturated carbocycles. The van der Waals surface area contributed by atoms with Crippen LogP contribution in [0.2, 0.25) is 0 Å². The highest BCUT2D eigenvalue weighted by molar-refractivity contribution is 9.11. The first-order valence-electron chi connectivity index (χ1n) is 6.07. The molecule has 0 bridgehead atoms. The summed E-state index contributed by atoms with van der Waals surface area (Å²) < 4.78 is 7.09. The second-order valence-electron chi connectivity index (χ2n) is 4.68. The van der Waals surface area contributed by atoms with E-state index >= 15 is 0 Å². The molecule has 1 atom stereocenters. The van der Waals surface area contributed by atoms with Gasteiger partial charge in [-0.25, -0.2) is 0 Å². The summed E-state index contributed by atoms with van der Waals surface area (Å²) >= 11 is 6.73. The van der Waals surface area contributed by atoms with Crippen molar-refractivity contribution in [3.05, 3.63) is 26.6 Å². The highest BCUT2D eigenvalue weighted by atomic mass is 79.9. The second kappa shape index (κ2) is 6.37. The number of nitrogens with zero attached hydrogens (tertiary/aromatic N) is 1. The Hall–Kier alpha value is -0.100. The number of phenolic OH excluding ortho intramolecular Hbond substituents is 1. The molecule has 1 aliphatic rings. The van der Waals surface area contributed by atoms with Gasteiger partial charge in [-0.15, -0.1) is 0 Å². The van der Waals surface area contributed by atoms with Crippen LogP contribution < -0.4 is 0 Å². The first-order valence-corrected chi connectivity index (χ1v) is 7.65. The Labute approximate surface area is 124 Å². The molecule has 1 aromatic rings. The fourth-order valence-electron chi connectivity index (χ4n) is 2.19. The topological polar surface area (TPSA) is 32.7 Å². The number of hydrogen-bond acceptors (Lipinski definition) is 3. The summed E-state index contributed by atoms with van der Waals surface area (Å²) in [6.07, 6.45) is 1.36. The first kappa shape index (κ1) is 14.3. The minimum absolute atomic E-state index is 0.256. The Morgan fingerprint density at radius 1 is 1.39 bits per heavy atom. The van der Waals surface area contributed by atoms with Crippen LogP contribution in [0.15, 0.2) is 21.1 Å². The van der Waals surface area contributed by atoms with E-state index in [1.807, 2.05) is 12.1 Å². The van der Waals surface area contributed by atoms with Gasteiger partial charge in [-0.05, 0) is 62.9 Å². The number of benzene rings is 1. The van der Waals surface area contributed by atoms with Gasteiger partial charge in [0.05, 0.1) is 15.0 Å². The van der Waals surface area contributed by atoms with Crippen LogP contribution in [0.25, 0.3) is 0 Å². The molecular weight excluding hydrogens is 362 g/mol. The molecule has 100 valence electrons. The van der Waals surface area contributed by atoms with Crippen LogP contribution in [-0.2, 0) is 11.3 Å². The van der Waals surface area contributed by atoms with Gasteiger partial charge in [0.2, 0.25) is 0 Å². The third-order valence-corrected chi connectivity index (χ3v) is 4.23. The van der Waals surface area contributed by atoms with Crippen molar-refractivity contribution in [3.8, 4) is 5.75 Å². The quantitative estimate of drug-likeness (QED) is 0.854. The van der Waals surface area contributed by atoms with Crippen molar-refractivity contribution >= 4 is 31.9 Å². The lowest BCUT2D eigenvalue weighted by molar-refractivity contribution is 0.0668. The van der Waals surface area contributed by atoms with Crippen LogP contribution in [0.5, 0.6) is 5.75 Å². The van der Waals surface area contributed by atoms with Gasteiger partial charge >= 0.3 is 0 Å². The van der Waals surface area contributed by atoms with Crippen molar-refractivity contribution in [1.82, 2.24) is 4.90 Å². The molecule has 1 unspecified atom stereocenters. The number of phenols is 1. The van der Waals surface area contributed by atoms with E-state index in [1.165, 1.54) is 5.56 Å². The van der Waals surface area contributed by atoms with E-state index in [-0.39, 0.29) is 11.9 Å². The van der Waals surface area contributed by atoms with Gasteiger partial charge in [-0.3, -0.25) is 4.90 Å². The summed E-state index contributed by atoms with van der Waals surface area (Å²) in [4.78, 5) is 2.39. The Kier molecular flexibility index (Phi) is 5.06.